The lowest BCUT2D eigenvalue weighted by molar-refractivity contribution is 0.500. The van der Waals surface area contributed by atoms with Crippen molar-refractivity contribution in [3.05, 3.63) is 34.5 Å². The summed E-state index contributed by atoms with van der Waals surface area (Å²) in [6.45, 7) is 4.00. The highest BCUT2D eigenvalue weighted by Crippen LogP contribution is 2.31. The summed E-state index contributed by atoms with van der Waals surface area (Å²) < 4.78 is 10.5. The van der Waals surface area contributed by atoms with Crippen molar-refractivity contribution in [1.29, 1.82) is 0 Å². The first-order chi connectivity index (χ1) is 9.04. The number of fused-ring (bicyclic) bond motifs is 1. The molecule has 98 valence electrons. The zero-order valence-corrected chi connectivity index (χ0v) is 10.6. The molecule has 2 heterocycles. The van der Waals surface area contributed by atoms with E-state index in [-0.39, 0.29) is 11.9 Å². The number of hydrogen-bond acceptors (Lipinski definition) is 5. The molecule has 2 aromatic heterocycles. The van der Waals surface area contributed by atoms with Crippen LogP contribution in [-0.4, -0.2) is 9.97 Å². The molecule has 6 nitrogen and oxygen atoms in total. The smallest absolute Gasteiger partial charge is 0.417 e. The number of nitrogens with one attached hydrogen (secondary N) is 1. The Hall–Kier alpha value is -2.50. The Labute approximate surface area is 108 Å². The molecule has 0 unspecified atom stereocenters. The number of benzene rings is 1. The molecule has 19 heavy (non-hydrogen) atoms. The van der Waals surface area contributed by atoms with E-state index in [2.05, 4.69) is 9.97 Å². The van der Waals surface area contributed by atoms with Gasteiger partial charge in [0.15, 0.2) is 5.58 Å². The van der Waals surface area contributed by atoms with Crippen LogP contribution >= 0.6 is 0 Å². The second-order valence-corrected chi connectivity index (χ2v) is 4.65. The Kier molecular flexibility index (Phi) is 2.45. The average molecular weight is 259 g/mol. The molecule has 0 aliphatic heterocycles. The molecule has 0 spiro atoms. The SMILES string of the molecule is CC(C)c1oc(N)nc1-c1ccc2[nH]c(=O)oc2c1. The average Bonchev–Trinajstić information content (AvgIpc) is 2.89. The summed E-state index contributed by atoms with van der Waals surface area (Å²) in [7, 11) is 0. The first-order valence-electron chi connectivity index (χ1n) is 5.94. The van der Waals surface area contributed by atoms with Gasteiger partial charge in [-0.3, -0.25) is 4.98 Å². The Morgan fingerprint density at radius 2 is 2.11 bits per heavy atom. The molecule has 1 aromatic carbocycles. The molecular weight excluding hydrogens is 246 g/mol. The number of aromatic nitrogens is 2. The zero-order valence-electron chi connectivity index (χ0n) is 10.6. The summed E-state index contributed by atoms with van der Waals surface area (Å²) in [5, 5.41) is 0. The standard InChI is InChI=1S/C13H13N3O3/c1-6(2)11-10(16-12(14)19-11)7-3-4-8-9(5-7)18-13(17)15-8/h3-6H,1-2H3,(H2,14,16)(H,15,17). The van der Waals surface area contributed by atoms with Gasteiger partial charge >= 0.3 is 5.76 Å². The molecule has 0 bridgehead atoms. The minimum Gasteiger partial charge on any atom is -0.428 e. The lowest BCUT2D eigenvalue weighted by atomic mass is 10.0. The number of nitrogens with two attached hydrogens (primary N) is 1. The van der Waals surface area contributed by atoms with Crippen molar-refractivity contribution < 1.29 is 8.83 Å². The van der Waals surface area contributed by atoms with Gasteiger partial charge < -0.3 is 14.6 Å². The van der Waals surface area contributed by atoms with Crippen LogP contribution in [0.2, 0.25) is 0 Å². The van der Waals surface area contributed by atoms with E-state index in [0.717, 1.165) is 11.3 Å². The van der Waals surface area contributed by atoms with Gasteiger partial charge in [0.1, 0.15) is 11.5 Å². The van der Waals surface area contributed by atoms with Crippen molar-refractivity contribution in [3.8, 4) is 11.3 Å². The molecule has 0 saturated heterocycles. The van der Waals surface area contributed by atoms with Crippen LogP contribution in [0.5, 0.6) is 0 Å². The van der Waals surface area contributed by atoms with Crippen molar-refractivity contribution in [2.75, 3.05) is 5.73 Å². The lowest BCUT2D eigenvalue weighted by Crippen LogP contribution is -1.92. The van der Waals surface area contributed by atoms with Gasteiger partial charge in [-0.2, -0.15) is 4.98 Å². The Morgan fingerprint density at radius 3 is 2.84 bits per heavy atom. The first kappa shape index (κ1) is 11.6. The molecule has 0 amide bonds. The Bertz CT molecular complexity index is 795. The molecular formula is C13H13N3O3. The maximum atomic E-state index is 11.1. The van der Waals surface area contributed by atoms with Gasteiger partial charge in [0.05, 0.1) is 5.52 Å². The largest absolute Gasteiger partial charge is 0.428 e. The van der Waals surface area contributed by atoms with Crippen LogP contribution in [0.3, 0.4) is 0 Å². The third-order valence-electron chi connectivity index (χ3n) is 2.89. The Morgan fingerprint density at radius 1 is 1.32 bits per heavy atom. The molecule has 3 rings (SSSR count). The van der Waals surface area contributed by atoms with Crippen molar-refractivity contribution >= 4 is 17.1 Å². The van der Waals surface area contributed by atoms with Crippen molar-refractivity contribution in [3.63, 3.8) is 0 Å². The van der Waals surface area contributed by atoms with E-state index in [1.54, 1.807) is 12.1 Å². The normalized spacial score (nSPS) is 11.5. The van der Waals surface area contributed by atoms with Crippen LogP contribution in [0, 0.1) is 0 Å². The van der Waals surface area contributed by atoms with Gasteiger partial charge in [0.2, 0.25) is 0 Å². The number of hydrogen-bond donors (Lipinski definition) is 2. The fourth-order valence-electron chi connectivity index (χ4n) is 2.04. The summed E-state index contributed by atoms with van der Waals surface area (Å²) >= 11 is 0. The van der Waals surface area contributed by atoms with E-state index in [4.69, 9.17) is 14.6 Å². The number of rotatable bonds is 2. The van der Waals surface area contributed by atoms with Gasteiger partial charge in [0.25, 0.3) is 6.01 Å². The van der Waals surface area contributed by atoms with Crippen molar-refractivity contribution in [2.24, 2.45) is 0 Å². The predicted octanol–water partition coefficient (Wildman–Crippen LogP) is 2.48. The molecule has 0 fully saturated rings. The van der Waals surface area contributed by atoms with Crippen LogP contribution in [0.25, 0.3) is 22.4 Å². The molecule has 6 heteroatoms. The monoisotopic (exact) mass is 259 g/mol. The van der Waals surface area contributed by atoms with Crippen LogP contribution in [0.1, 0.15) is 25.5 Å². The third-order valence-corrected chi connectivity index (χ3v) is 2.89. The second kappa shape index (κ2) is 4.01. The maximum Gasteiger partial charge on any atom is 0.417 e. The van der Waals surface area contributed by atoms with Gasteiger partial charge in [0, 0.05) is 11.5 Å². The maximum absolute atomic E-state index is 11.1. The van der Waals surface area contributed by atoms with E-state index in [1.165, 1.54) is 0 Å². The lowest BCUT2D eigenvalue weighted by Gasteiger charge is -2.03. The van der Waals surface area contributed by atoms with Gasteiger partial charge in [-0.1, -0.05) is 19.9 Å². The predicted molar refractivity (Wildman–Crippen MR) is 70.8 cm³/mol. The van der Waals surface area contributed by atoms with E-state index < -0.39 is 5.76 Å². The Balaban J connectivity index is 2.20. The van der Waals surface area contributed by atoms with Crippen molar-refractivity contribution in [1.82, 2.24) is 9.97 Å². The van der Waals surface area contributed by atoms with Gasteiger partial charge in [-0.05, 0) is 12.1 Å². The van der Waals surface area contributed by atoms with Crippen LogP contribution in [-0.2, 0) is 0 Å². The summed E-state index contributed by atoms with van der Waals surface area (Å²) in [6.07, 6.45) is 0. The number of nitrogens with zero attached hydrogens (tertiary/aromatic N) is 1. The summed E-state index contributed by atoms with van der Waals surface area (Å²) in [5.74, 6) is 0.402. The molecule has 3 N–H and O–H groups in total. The highest BCUT2D eigenvalue weighted by Gasteiger charge is 2.17. The van der Waals surface area contributed by atoms with E-state index >= 15 is 0 Å². The quantitative estimate of drug-likeness (QED) is 0.736. The number of anilines is 1. The third kappa shape index (κ3) is 1.91. The van der Waals surface area contributed by atoms with Crippen LogP contribution < -0.4 is 11.5 Å². The minimum absolute atomic E-state index is 0.134. The summed E-state index contributed by atoms with van der Waals surface area (Å²) in [4.78, 5) is 17.9. The molecule has 3 aromatic rings. The van der Waals surface area contributed by atoms with E-state index in [1.807, 2.05) is 19.9 Å². The molecule has 0 radical (unpaired) electrons. The number of oxazole rings is 2. The fraction of sp³-hybridized carbons (Fsp3) is 0.231. The second-order valence-electron chi connectivity index (χ2n) is 4.65. The zero-order chi connectivity index (χ0) is 13.6. The van der Waals surface area contributed by atoms with Crippen molar-refractivity contribution in [2.45, 2.75) is 19.8 Å². The molecule has 0 aliphatic rings. The minimum atomic E-state index is -0.476. The van der Waals surface area contributed by atoms with E-state index in [0.29, 0.717) is 16.8 Å². The fourth-order valence-corrected chi connectivity index (χ4v) is 2.04. The summed E-state index contributed by atoms with van der Waals surface area (Å²) in [6, 6.07) is 5.49. The topological polar surface area (TPSA) is 98.0 Å². The molecule has 0 aliphatic carbocycles. The van der Waals surface area contributed by atoms with Crippen LogP contribution in [0.15, 0.2) is 31.8 Å². The highest BCUT2D eigenvalue weighted by atomic mass is 16.4. The molecule has 0 saturated carbocycles. The highest BCUT2D eigenvalue weighted by molar-refractivity contribution is 5.79. The number of H-pyrrole nitrogens is 1. The van der Waals surface area contributed by atoms with Gasteiger partial charge in [-0.25, -0.2) is 4.79 Å². The number of nitrogen functional groups attached to an aromatic ring is 1. The number of aromatic amines is 1. The summed E-state index contributed by atoms with van der Waals surface area (Å²) in [5.41, 5.74) is 8.23. The van der Waals surface area contributed by atoms with E-state index in [9.17, 15) is 4.79 Å². The molecule has 0 atom stereocenters. The van der Waals surface area contributed by atoms with Gasteiger partial charge in [-0.15, -0.1) is 0 Å². The first-order valence-corrected chi connectivity index (χ1v) is 5.94. The van der Waals surface area contributed by atoms with Crippen LogP contribution in [0.4, 0.5) is 6.01 Å².